The van der Waals surface area contributed by atoms with Gasteiger partial charge in [-0.2, -0.15) is 0 Å². The normalized spacial score (nSPS) is 10.3. The second-order valence-electron chi connectivity index (χ2n) is 4.01. The second kappa shape index (κ2) is 5.42. The molecule has 1 aromatic carbocycles. The minimum atomic E-state index is -0.0403. The van der Waals surface area contributed by atoms with Crippen LogP contribution >= 0.6 is 0 Å². The van der Waals surface area contributed by atoms with E-state index in [1.54, 1.807) is 18.3 Å². The molecule has 4 heteroatoms. The number of hydrogen-bond donors (Lipinski definition) is 2. The largest absolute Gasteiger partial charge is 0.383 e. The van der Waals surface area contributed by atoms with Crippen LogP contribution in [0.15, 0.2) is 42.6 Å². The zero-order valence-corrected chi connectivity index (χ0v) is 9.97. The first kappa shape index (κ1) is 12.3. The lowest BCUT2D eigenvalue weighted by Crippen LogP contribution is -2.10. The summed E-state index contributed by atoms with van der Waals surface area (Å²) in [7, 11) is 0. The van der Waals surface area contributed by atoms with Crippen molar-refractivity contribution in [3.05, 3.63) is 59.3 Å². The predicted octanol–water partition coefficient (Wildman–Crippen LogP) is 1.55. The Bertz CT molecular complexity index is 566. The Kier molecular flexibility index (Phi) is 3.69. The highest BCUT2D eigenvalue weighted by molar-refractivity contribution is 6.01. The molecule has 4 nitrogen and oxygen atoms in total. The third-order valence-electron chi connectivity index (χ3n) is 2.83. The first-order valence-electron chi connectivity index (χ1n) is 5.73. The molecular weight excluding hydrogens is 226 g/mol. The summed E-state index contributed by atoms with van der Waals surface area (Å²) in [4.78, 5) is 16.1. The SMILES string of the molecule is NCc1ccccc1CC(=O)c1cccnc1N. The number of carbonyl (C=O) groups excluding carboxylic acids is 1. The molecule has 0 aliphatic carbocycles. The Morgan fingerprint density at radius 3 is 2.50 bits per heavy atom. The highest BCUT2D eigenvalue weighted by Gasteiger charge is 2.12. The fraction of sp³-hybridized carbons (Fsp3) is 0.143. The Morgan fingerprint density at radius 1 is 1.11 bits per heavy atom. The van der Waals surface area contributed by atoms with E-state index in [4.69, 9.17) is 11.5 Å². The Balaban J connectivity index is 2.24. The molecule has 2 rings (SSSR count). The van der Waals surface area contributed by atoms with Crippen LogP contribution in [0.3, 0.4) is 0 Å². The van der Waals surface area contributed by atoms with Gasteiger partial charge in [0.2, 0.25) is 0 Å². The van der Waals surface area contributed by atoms with Crippen molar-refractivity contribution in [2.45, 2.75) is 13.0 Å². The van der Waals surface area contributed by atoms with Crippen molar-refractivity contribution >= 4 is 11.6 Å². The minimum Gasteiger partial charge on any atom is -0.383 e. The monoisotopic (exact) mass is 241 g/mol. The number of anilines is 1. The fourth-order valence-corrected chi connectivity index (χ4v) is 1.85. The number of pyridine rings is 1. The molecular formula is C14H15N3O. The number of carbonyl (C=O) groups is 1. The first-order valence-corrected chi connectivity index (χ1v) is 5.73. The van der Waals surface area contributed by atoms with Gasteiger partial charge in [-0.05, 0) is 23.3 Å². The molecule has 2 aromatic rings. The van der Waals surface area contributed by atoms with Crippen molar-refractivity contribution in [2.75, 3.05) is 5.73 Å². The molecule has 0 atom stereocenters. The van der Waals surface area contributed by atoms with Crippen molar-refractivity contribution in [3.8, 4) is 0 Å². The molecule has 1 heterocycles. The van der Waals surface area contributed by atoms with Crippen LogP contribution in [0.25, 0.3) is 0 Å². The minimum absolute atomic E-state index is 0.0403. The molecule has 18 heavy (non-hydrogen) atoms. The van der Waals surface area contributed by atoms with E-state index in [-0.39, 0.29) is 11.6 Å². The molecule has 0 spiro atoms. The number of nitrogens with zero attached hydrogens (tertiary/aromatic N) is 1. The van der Waals surface area contributed by atoms with E-state index >= 15 is 0 Å². The van der Waals surface area contributed by atoms with E-state index in [1.165, 1.54) is 0 Å². The summed E-state index contributed by atoms with van der Waals surface area (Å²) in [6.45, 7) is 0.423. The lowest BCUT2D eigenvalue weighted by atomic mass is 9.99. The van der Waals surface area contributed by atoms with E-state index in [0.29, 0.717) is 18.5 Å². The molecule has 0 aliphatic heterocycles. The average Bonchev–Trinajstić information content (AvgIpc) is 2.39. The Labute approximate surface area is 106 Å². The molecule has 0 fully saturated rings. The van der Waals surface area contributed by atoms with Gasteiger partial charge in [-0.3, -0.25) is 4.79 Å². The number of Topliss-reactive ketones (excluding diaryl/α,β-unsaturated/α-hetero) is 1. The van der Waals surface area contributed by atoms with Crippen LogP contribution in [0, 0.1) is 0 Å². The number of nitrogens with two attached hydrogens (primary N) is 2. The number of hydrogen-bond acceptors (Lipinski definition) is 4. The number of benzene rings is 1. The van der Waals surface area contributed by atoms with E-state index in [9.17, 15) is 4.79 Å². The van der Waals surface area contributed by atoms with Crippen LogP contribution < -0.4 is 11.5 Å². The van der Waals surface area contributed by atoms with Gasteiger partial charge in [-0.1, -0.05) is 24.3 Å². The molecule has 0 radical (unpaired) electrons. The summed E-state index contributed by atoms with van der Waals surface area (Å²) in [6.07, 6.45) is 1.86. The third-order valence-corrected chi connectivity index (χ3v) is 2.83. The zero-order valence-electron chi connectivity index (χ0n) is 9.97. The van der Waals surface area contributed by atoms with Crippen LogP contribution in [-0.2, 0) is 13.0 Å². The van der Waals surface area contributed by atoms with Crippen LogP contribution in [0.4, 0.5) is 5.82 Å². The topological polar surface area (TPSA) is 82.0 Å². The van der Waals surface area contributed by atoms with Gasteiger partial charge in [0.25, 0.3) is 0 Å². The lowest BCUT2D eigenvalue weighted by molar-refractivity contribution is 0.0993. The van der Waals surface area contributed by atoms with Crippen molar-refractivity contribution in [1.82, 2.24) is 4.98 Å². The summed E-state index contributed by atoms with van der Waals surface area (Å²) in [5.41, 5.74) is 13.7. The smallest absolute Gasteiger partial charge is 0.170 e. The maximum absolute atomic E-state index is 12.1. The highest BCUT2D eigenvalue weighted by Crippen LogP contribution is 2.14. The highest BCUT2D eigenvalue weighted by atomic mass is 16.1. The van der Waals surface area contributed by atoms with E-state index < -0.39 is 0 Å². The van der Waals surface area contributed by atoms with Crippen LogP contribution in [0.1, 0.15) is 21.5 Å². The van der Waals surface area contributed by atoms with Gasteiger partial charge in [-0.15, -0.1) is 0 Å². The fourth-order valence-electron chi connectivity index (χ4n) is 1.85. The number of nitrogen functional groups attached to an aromatic ring is 1. The molecule has 0 amide bonds. The van der Waals surface area contributed by atoms with E-state index in [0.717, 1.165) is 11.1 Å². The van der Waals surface area contributed by atoms with Crippen LogP contribution in [-0.4, -0.2) is 10.8 Å². The molecule has 0 bridgehead atoms. The van der Waals surface area contributed by atoms with Gasteiger partial charge < -0.3 is 11.5 Å². The van der Waals surface area contributed by atoms with Gasteiger partial charge >= 0.3 is 0 Å². The quantitative estimate of drug-likeness (QED) is 0.796. The molecule has 0 saturated carbocycles. The first-order chi connectivity index (χ1) is 8.72. The molecule has 0 unspecified atom stereocenters. The van der Waals surface area contributed by atoms with Gasteiger partial charge in [-0.25, -0.2) is 4.98 Å². The summed E-state index contributed by atoms with van der Waals surface area (Å²) in [6, 6.07) is 11.0. The van der Waals surface area contributed by atoms with Gasteiger partial charge in [0.1, 0.15) is 5.82 Å². The van der Waals surface area contributed by atoms with E-state index in [1.807, 2.05) is 24.3 Å². The van der Waals surface area contributed by atoms with Crippen molar-refractivity contribution in [3.63, 3.8) is 0 Å². The number of rotatable bonds is 4. The lowest BCUT2D eigenvalue weighted by Gasteiger charge is -2.07. The third kappa shape index (κ3) is 2.55. The van der Waals surface area contributed by atoms with Crippen molar-refractivity contribution < 1.29 is 4.79 Å². The Hall–Kier alpha value is -2.20. The maximum atomic E-state index is 12.1. The standard InChI is InChI=1S/C14H15N3O/c15-9-11-5-2-1-4-10(11)8-13(18)12-6-3-7-17-14(12)16/h1-7H,8-9,15H2,(H2,16,17). The molecule has 92 valence electrons. The summed E-state index contributed by atoms with van der Waals surface area (Å²) in [5.74, 6) is 0.231. The molecule has 0 saturated heterocycles. The maximum Gasteiger partial charge on any atom is 0.170 e. The molecule has 4 N–H and O–H groups in total. The van der Waals surface area contributed by atoms with E-state index in [2.05, 4.69) is 4.98 Å². The predicted molar refractivity (Wildman–Crippen MR) is 71.0 cm³/mol. The van der Waals surface area contributed by atoms with Crippen LogP contribution in [0.2, 0.25) is 0 Å². The molecule has 1 aromatic heterocycles. The van der Waals surface area contributed by atoms with Crippen molar-refractivity contribution in [2.24, 2.45) is 5.73 Å². The van der Waals surface area contributed by atoms with Crippen LogP contribution in [0.5, 0.6) is 0 Å². The molecule has 0 aliphatic rings. The number of ketones is 1. The zero-order chi connectivity index (χ0) is 13.0. The van der Waals surface area contributed by atoms with Crippen molar-refractivity contribution in [1.29, 1.82) is 0 Å². The van der Waals surface area contributed by atoms with Gasteiger partial charge in [0.05, 0.1) is 5.56 Å². The summed E-state index contributed by atoms with van der Waals surface area (Å²) in [5, 5.41) is 0. The second-order valence-corrected chi connectivity index (χ2v) is 4.01. The number of aromatic nitrogens is 1. The van der Waals surface area contributed by atoms with Gasteiger partial charge in [0.15, 0.2) is 5.78 Å². The summed E-state index contributed by atoms with van der Waals surface area (Å²) < 4.78 is 0. The Morgan fingerprint density at radius 2 is 1.83 bits per heavy atom. The average molecular weight is 241 g/mol. The summed E-state index contributed by atoms with van der Waals surface area (Å²) >= 11 is 0. The van der Waals surface area contributed by atoms with Gasteiger partial charge in [0, 0.05) is 19.2 Å².